The number of H-pyrrole nitrogens is 1. The number of methoxy groups -OCH3 is 1. The van der Waals surface area contributed by atoms with Crippen molar-refractivity contribution in [1.82, 2.24) is 15.2 Å². The van der Waals surface area contributed by atoms with E-state index in [2.05, 4.69) is 15.2 Å². The van der Waals surface area contributed by atoms with Gasteiger partial charge in [-0.2, -0.15) is 0 Å². The largest absolute Gasteiger partial charge is 0.496 e. The zero-order chi connectivity index (χ0) is 17.1. The van der Waals surface area contributed by atoms with Crippen molar-refractivity contribution >= 4 is 40.5 Å². The van der Waals surface area contributed by atoms with Gasteiger partial charge in [-0.1, -0.05) is 23.4 Å². The molecule has 0 spiro atoms. The quantitative estimate of drug-likeness (QED) is 0.505. The summed E-state index contributed by atoms with van der Waals surface area (Å²) < 4.78 is 5.32. The lowest BCUT2D eigenvalue weighted by Gasteiger charge is -2.05. The van der Waals surface area contributed by atoms with E-state index in [1.165, 1.54) is 23.1 Å². The maximum Gasteiger partial charge on any atom is 0.209 e. The summed E-state index contributed by atoms with van der Waals surface area (Å²) in [5, 5.41) is 8.10. The van der Waals surface area contributed by atoms with Gasteiger partial charge in [0.2, 0.25) is 5.16 Å². The van der Waals surface area contributed by atoms with Crippen LogP contribution in [0.2, 0.25) is 5.02 Å². The Morgan fingerprint density at radius 3 is 2.92 bits per heavy atom. The number of nitrogens with zero attached hydrogens (tertiary/aromatic N) is 2. The molecule has 0 aliphatic rings. The van der Waals surface area contributed by atoms with Crippen LogP contribution in [0, 0.1) is 6.92 Å². The van der Waals surface area contributed by atoms with Crippen molar-refractivity contribution < 1.29 is 9.53 Å². The Balaban J connectivity index is 1.72. The maximum atomic E-state index is 12.1. The van der Waals surface area contributed by atoms with Crippen molar-refractivity contribution in [3.8, 4) is 17.1 Å². The molecule has 8 heteroatoms. The Bertz CT molecular complexity index is 876. The molecule has 0 fully saturated rings. The smallest absolute Gasteiger partial charge is 0.209 e. The van der Waals surface area contributed by atoms with E-state index in [-0.39, 0.29) is 5.78 Å². The second-order valence-corrected chi connectivity index (χ2v) is 7.60. The van der Waals surface area contributed by atoms with Crippen LogP contribution >= 0.6 is 34.7 Å². The molecule has 124 valence electrons. The number of halogens is 1. The molecule has 2 aromatic heterocycles. The average molecular weight is 380 g/mol. The summed E-state index contributed by atoms with van der Waals surface area (Å²) in [4.78, 5) is 18.4. The highest BCUT2D eigenvalue weighted by Gasteiger charge is 2.14. The minimum Gasteiger partial charge on any atom is -0.496 e. The van der Waals surface area contributed by atoms with E-state index in [1.54, 1.807) is 25.3 Å². The van der Waals surface area contributed by atoms with E-state index in [0.29, 0.717) is 27.5 Å². The van der Waals surface area contributed by atoms with Crippen LogP contribution in [0.4, 0.5) is 0 Å². The minimum atomic E-state index is 0.0739. The van der Waals surface area contributed by atoms with Gasteiger partial charge in [-0.3, -0.25) is 9.89 Å². The number of aryl methyl sites for hydroxylation is 1. The van der Waals surface area contributed by atoms with Crippen molar-refractivity contribution in [2.75, 3.05) is 12.9 Å². The SMILES string of the molecule is COc1ccc(Cl)cc1-c1nc(SCC(=O)c2ccc(C)s2)n[nH]1. The Morgan fingerprint density at radius 2 is 2.21 bits per heavy atom. The number of nitrogens with one attached hydrogen (secondary N) is 1. The van der Waals surface area contributed by atoms with Crippen LogP contribution in [0.15, 0.2) is 35.5 Å². The minimum absolute atomic E-state index is 0.0739. The van der Waals surface area contributed by atoms with Gasteiger partial charge in [0.1, 0.15) is 5.75 Å². The van der Waals surface area contributed by atoms with E-state index in [4.69, 9.17) is 16.3 Å². The van der Waals surface area contributed by atoms with Gasteiger partial charge in [-0.05, 0) is 37.3 Å². The number of thioether (sulfide) groups is 1. The third-order valence-electron chi connectivity index (χ3n) is 3.23. The number of hydrogen-bond donors (Lipinski definition) is 1. The molecule has 1 N–H and O–H groups in total. The topological polar surface area (TPSA) is 67.9 Å². The zero-order valence-electron chi connectivity index (χ0n) is 13.0. The maximum absolute atomic E-state index is 12.1. The number of ketones is 1. The summed E-state index contributed by atoms with van der Waals surface area (Å²) in [6, 6.07) is 9.07. The lowest BCUT2D eigenvalue weighted by atomic mass is 10.2. The van der Waals surface area contributed by atoms with Crippen molar-refractivity contribution in [1.29, 1.82) is 0 Å². The fourth-order valence-corrected chi connectivity index (χ4v) is 3.83. The lowest BCUT2D eigenvalue weighted by molar-refractivity contribution is 0.102. The molecule has 0 unspecified atom stereocenters. The lowest BCUT2D eigenvalue weighted by Crippen LogP contribution is -1.99. The van der Waals surface area contributed by atoms with Crippen LogP contribution in [0.3, 0.4) is 0 Å². The highest BCUT2D eigenvalue weighted by atomic mass is 35.5. The van der Waals surface area contributed by atoms with Gasteiger partial charge in [-0.15, -0.1) is 16.4 Å². The average Bonchev–Trinajstić information content (AvgIpc) is 3.21. The number of ether oxygens (including phenoxy) is 1. The summed E-state index contributed by atoms with van der Waals surface area (Å²) in [6.45, 7) is 1.98. The van der Waals surface area contributed by atoms with Crippen molar-refractivity contribution in [3.63, 3.8) is 0 Å². The predicted molar refractivity (Wildman–Crippen MR) is 97.5 cm³/mol. The number of hydrogen-bond acceptors (Lipinski definition) is 6. The van der Waals surface area contributed by atoms with Crippen molar-refractivity contribution in [3.05, 3.63) is 45.1 Å². The molecule has 24 heavy (non-hydrogen) atoms. The predicted octanol–water partition coefficient (Wildman–Crippen LogP) is 4.48. The molecular weight excluding hydrogens is 366 g/mol. The molecule has 0 saturated carbocycles. The molecule has 3 aromatic rings. The Labute approximate surface area is 152 Å². The molecule has 0 amide bonds. The molecule has 0 atom stereocenters. The number of thiophene rings is 1. The molecule has 0 bridgehead atoms. The van der Waals surface area contributed by atoms with Crippen LogP contribution < -0.4 is 4.74 Å². The number of Topliss-reactive ketones (excluding diaryl/α,β-unsaturated/α-hetero) is 1. The zero-order valence-corrected chi connectivity index (χ0v) is 15.4. The van der Waals surface area contributed by atoms with Crippen LogP contribution in [-0.2, 0) is 0 Å². The second-order valence-electron chi connectivity index (χ2n) is 4.93. The molecule has 1 aromatic carbocycles. The number of aromatic amines is 1. The molecule has 0 aliphatic carbocycles. The summed E-state index contributed by atoms with van der Waals surface area (Å²) in [6.07, 6.45) is 0. The summed E-state index contributed by atoms with van der Waals surface area (Å²) >= 11 is 8.83. The van der Waals surface area contributed by atoms with E-state index < -0.39 is 0 Å². The van der Waals surface area contributed by atoms with Gasteiger partial charge in [0.05, 0.1) is 23.3 Å². The van der Waals surface area contributed by atoms with E-state index in [9.17, 15) is 4.79 Å². The summed E-state index contributed by atoms with van der Waals surface area (Å²) in [7, 11) is 1.58. The molecular formula is C16H14ClN3O2S2. The monoisotopic (exact) mass is 379 g/mol. The van der Waals surface area contributed by atoms with Crippen molar-refractivity contribution in [2.24, 2.45) is 0 Å². The van der Waals surface area contributed by atoms with Crippen LogP contribution in [0.1, 0.15) is 14.5 Å². The molecule has 0 aliphatic heterocycles. The summed E-state index contributed by atoms with van der Waals surface area (Å²) in [5.74, 6) is 1.57. The number of benzene rings is 1. The first-order valence-corrected chi connectivity index (χ1v) is 9.23. The number of aromatic nitrogens is 3. The Morgan fingerprint density at radius 1 is 1.38 bits per heavy atom. The first kappa shape index (κ1) is 17.0. The standard InChI is InChI=1S/C16H14ClN3O2S2/c1-9-3-6-14(24-9)12(21)8-23-16-18-15(19-20-16)11-7-10(17)4-5-13(11)22-2/h3-7H,8H2,1-2H3,(H,18,19,20). The highest BCUT2D eigenvalue weighted by Crippen LogP contribution is 2.31. The fourth-order valence-electron chi connectivity index (χ4n) is 2.08. The van der Waals surface area contributed by atoms with Gasteiger partial charge in [-0.25, -0.2) is 4.98 Å². The van der Waals surface area contributed by atoms with E-state index in [0.717, 1.165) is 15.3 Å². The van der Waals surface area contributed by atoms with Gasteiger partial charge >= 0.3 is 0 Å². The second kappa shape index (κ2) is 7.38. The molecule has 2 heterocycles. The van der Waals surface area contributed by atoms with Gasteiger partial charge in [0, 0.05) is 9.90 Å². The molecule has 3 rings (SSSR count). The van der Waals surface area contributed by atoms with Crippen LogP contribution in [-0.4, -0.2) is 33.8 Å². The first-order chi connectivity index (χ1) is 11.6. The Kier molecular flexibility index (Phi) is 5.23. The number of rotatable bonds is 6. The van der Waals surface area contributed by atoms with Crippen LogP contribution in [0.25, 0.3) is 11.4 Å². The third-order valence-corrected chi connectivity index (χ3v) is 5.35. The van der Waals surface area contributed by atoms with Gasteiger partial charge in [0.25, 0.3) is 0 Å². The Hall–Kier alpha value is -1.83. The normalized spacial score (nSPS) is 10.8. The first-order valence-electron chi connectivity index (χ1n) is 7.05. The van der Waals surface area contributed by atoms with E-state index in [1.807, 2.05) is 19.1 Å². The van der Waals surface area contributed by atoms with Gasteiger partial charge in [0.15, 0.2) is 11.6 Å². The van der Waals surface area contributed by atoms with E-state index >= 15 is 0 Å². The number of carbonyl (C=O) groups excluding carboxylic acids is 1. The fraction of sp³-hybridized carbons (Fsp3) is 0.188. The van der Waals surface area contributed by atoms with Crippen molar-refractivity contribution in [2.45, 2.75) is 12.1 Å². The van der Waals surface area contributed by atoms with Crippen LogP contribution in [0.5, 0.6) is 5.75 Å². The third kappa shape index (κ3) is 3.80. The molecule has 0 saturated heterocycles. The number of carbonyl (C=O) groups is 1. The highest BCUT2D eigenvalue weighted by molar-refractivity contribution is 7.99. The summed E-state index contributed by atoms with van der Waals surface area (Å²) in [5.41, 5.74) is 0.726. The molecule has 5 nitrogen and oxygen atoms in total. The van der Waals surface area contributed by atoms with Gasteiger partial charge < -0.3 is 4.74 Å². The molecule has 0 radical (unpaired) electrons.